The molecule has 1 aromatic heterocycles. The van der Waals surface area contributed by atoms with Gasteiger partial charge in [-0.15, -0.1) is 0 Å². The first-order valence-corrected chi connectivity index (χ1v) is 9.74. The maximum Gasteiger partial charge on any atom is 0.251 e. The summed E-state index contributed by atoms with van der Waals surface area (Å²) in [5, 5.41) is 6.89. The van der Waals surface area contributed by atoms with Gasteiger partial charge in [0.25, 0.3) is 5.91 Å². The quantitative estimate of drug-likeness (QED) is 0.456. The number of aromatic nitrogens is 2. The Labute approximate surface area is 179 Å². The zero-order chi connectivity index (χ0) is 21.6. The Morgan fingerprint density at radius 1 is 0.903 bits per heavy atom. The van der Waals surface area contributed by atoms with Crippen molar-refractivity contribution in [3.05, 3.63) is 90.3 Å². The fourth-order valence-electron chi connectivity index (χ4n) is 2.91. The molecule has 0 bridgehead atoms. The Morgan fingerprint density at radius 3 is 2.16 bits per heavy atom. The molecular formula is C24H21N3O4. The highest BCUT2D eigenvalue weighted by molar-refractivity contribution is 5.94. The van der Waals surface area contributed by atoms with Crippen molar-refractivity contribution in [1.29, 1.82) is 0 Å². The van der Waals surface area contributed by atoms with Gasteiger partial charge >= 0.3 is 0 Å². The van der Waals surface area contributed by atoms with E-state index in [9.17, 15) is 4.79 Å². The first kappa shape index (κ1) is 20.2. The molecule has 7 heteroatoms. The maximum absolute atomic E-state index is 12.3. The number of carbonyl (C=O) groups excluding carboxylic acids is 1. The summed E-state index contributed by atoms with van der Waals surface area (Å²) in [6.45, 7) is 1.80. The lowest BCUT2D eigenvalue weighted by Gasteiger charge is -2.09. The van der Waals surface area contributed by atoms with Gasteiger partial charge in [0, 0.05) is 11.1 Å². The molecule has 0 radical (unpaired) electrons. The van der Waals surface area contributed by atoms with Crippen LogP contribution in [0, 0.1) is 0 Å². The molecule has 0 spiro atoms. The van der Waals surface area contributed by atoms with Gasteiger partial charge < -0.3 is 19.3 Å². The Morgan fingerprint density at radius 2 is 1.52 bits per heavy atom. The van der Waals surface area contributed by atoms with Crippen LogP contribution in [0.25, 0.3) is 11.4 Å². The monoisotopic (exact) mass is 415 g/mol. The number of ether oxygens (including phenoxy) is 2. The molecule has 0 aliphatic rings. The zero-order valence-corrected chi connectivity index (χ0v) is 17.1. The highest BCUT2D eigenvalue weighted by atomic mass is 16.5. The summed E-state index contributed by atoms with van der Waals surface area (Å²) in [7, 11) is 1.62. The van der Waals surface area contributed by atoms with Crippen molar-refractivity contribution in [3.8, 4) is 28.6 Å². The van der Waals surface area contributed by atoms with Crippen LogP contribution in [0.3, 0.4) is 0 Å². The summed E-state index contributed by atoms with van der Waals surface area (Å²) in [4.78, 5) is 16.7. The molecule has 0 unspecified atom stereocenters. The van der Waals surface area contributed by atoms with Crippen molar-refractivity contribution in [2.45, 2.75) is 13.0 Å². The SMILES string of the molecule is COc1ccc(Oc2ccc(-c3noc([C@@H](C)NC(=O)c4ccccc4)n3)cc2)cc1. The van der Waals surface area contributed by atoms with E-state index in [2.05, 4.69) is 15.5 Å². The molecule has 7 nitrogen and oxygen atoms in total. The summed E-state index contributed by atoms with van der Waals surface area (Å²) in [6.07, 6.45) is 0. The minimum atomic E-state index is -0.424. The number of amides is 1. The topological polar surface area (TPSA) is 86.5 Å². The summed E-state index contributed by atoms with van der Waals surface area (Å²) in [5.74, 6) is 2.72. The van der Waals surface area contributed by atoms with Crippen LogP contribution in [0.4, 0.5) is 0 Å². The number of hydrogen-bond donors (Lipinski definition) is 1. The number of nitrogens with one attached hydrogen (secondary N) is 1. The zero-order valence-electron chi connectivity index (χ0n) is 17.1. The number of hydrogen-bond acceptors (Lipinski definition) is 6. The largest absolute Gasteiger partial charge is 0.497 e. The molecule has 0 saturated carbocycles. The van der Waals surface area contributed by atoms with E-state index in [0.717, 1.165) is 11.3 Å². The van der Waals surface area contributed by atoms with Gasteiger partial charge in [-0.3, -0.25) is 4.79 Å². The van der Waals surface area contributed by atoms with Gasteiger partial charge in [-0.1, -0.05) is 23.4 Å². The maximum atomic E-state index is 12.3. The molecule has 156 valence electrons. The Balaban J connectivity index is 1.40. The van der Waals surface area contributed by atoms with Crippen LogP contribution in [-0.2, 0) is 0 Å². The molecule has 0 aliphatic heterocycles. The Hall–Kier alpha value is -4.13. The third kappa shape index (κ3) is 4.90. The second-order valence-corrected chi connectivity index (χ2v) is 6.82. The second kappa shape index (κ2) is 9.13. The molecule has 31 heavy (non-hydrogen) atoms. The Bertz CT molecular complexity index is 1140. The minimum Gasteiger partial charge on any atom is -0.497 e. The molecule has 1 atom stereocenters. The molecule has 1 heterocycles. The van der Waals surface area contributed by atoms with Crippen LogP contribution in [0.1, 0.15) is 29.2 Å². The Kier molecular flexibility index (Phi) is 5.93. The normalized spacial score (nSPS) is 11.5. The fraction of sp³-hybridized carbons (Fsp3) is 0.125. The van der Waals surface area contributed by atoms with Crippen LogP contribution < -0.4 is 14.8 Å². The molecule has 1 amide bonds. The number of rotatable bonds is 7. The van der Waals surface area contributed by atoms with Crippen molar-refractivity contribution in [2.24, 2.45) is 0 Å². The van der Waals surface area contributed by atoms with Gasteiger partial charge in [-0.05, 0) is 67.6 Å². The number of benzene rings is 3. The average Bonchev–Trinajstić information content (AvgIpc) is 3.31. The van der Waals surface area contributed by atoms with Gasteiger partial charge in [0.15, 0.2) is 0 Å². The van der Waals surface area contributed by atoms with Gasteiger partial charge in [0.1, 0.15) is 23.3 Å². The highest BCUT2D eigenvalue weighted by Crippen LogP contribution is 2.26. The number of nitrogens with zero attached hydrogens (tertiary/aromatic N) is 2. The van der Waals surface area contributed by atoms with E-state index < -0.39 is 6.04 Å². The lowest BCUT2D eigenvalue weighted by atomic mass is 10.2. The van der Waals surface area contributed by atoms with Gasteiger partial charge in [0.05, 0.1) is 7.11 Å². The van der Waals surface area contributed by atoms with E-state index in [4.69, 9.17) is 14.0 Å². The van der Waals surface area contributed by atoms with E-state index in [1.165, 1.54) is 0 Å². The molecule has 4 aromatic rings. The average molecular weight is 415 g/mol. The number of carbonyl (C=O) groups is 1. The molecular weight excluding hydrogens is 394 g/mol. The smallest absolute Gasteiger partial charge is 0.251 e. The molecule has 1 N–H and O–H groups in total. The van der Waals surface area contributed by atoms with E-state index in [-0.39, 0.29) is 5.91 Å². The molecule has 0 saturated heterocycles. The van der Waals surface area contributed by atoms with Crippen molar-refractivity contribution < 1.29 is 18.8 Å². The van der Waals surface area contributed by atoms with Crippen molar-refractivity contribution in [3.63, 3.8) is 0 Å². The second-order valence-electron chi connectivity index (χ2n) is 6.82. The molecule has 0 fully saturated rings. The molecule has 4 rings (SSSR count). The van der Waals surface area contributed by atoms with Crippen molar-refractivity contribution >= 4 is 5.91 Å². The molecule has 0 aliphatic carbocycles. The standard InChI is InChI=1S/C24H21N3O4/c1-16(25-23(28)18-6-4-3-5-7-18)24-26-22(27-31-24)17-8-10-20(11-9-17)30-21-14-12-19(29-2)13-15-21/h3-16H,1-2H3,(H,25,28)/t16-/m1/s1. The summed E-state index contributed by atoms with van der Waals surface area (Å²) in [6, 6.07) is 23.3. The van der Waals surface area contributed by atoms with Crippen LogP contribution in [0.15, 0.2) is 83.4 Å². The summed E-state index contributed by atoms with van der Waals surface area (Å²) < 4.78 is 16.3. The third-order valence-electron chi connectivity index (χ3n) is 4.60. The van der Waals surface area contributed by atoms with Crippen molar-refractivity contribution in [1.82, 2.24) is 15.5 Å². The summed E-state index contributed by atoms with van der Waals surface area (Å²) >= 11 is 0. The van der Waals surface area contributed by atoms with Gasteiger partial charge in [-0.25, -0.2) is 0 Å². The van der Waals surface area contributed by atoms with Gasteiger partial charge in [-0.2, -0.15) is 4.98 Å². The first-order chi connectivity index (χ1) is 15.1. The van der Waals surface area contributed by atoms with E-state index >= 15 is 0 Å². The number of methoxy groups -OCH3 is 1. The minimum absolute atomic E-state index is 0.201. The predicted octanol–water partition coefficient (Wildman–Crippen LogP) is 5.03. The van der Waals surface area contributed by atoms with E-state index in [1.807, 2.05) is 66.7 Å². The molecule has 3 aromatic carbocycles. The van der Waals surface area contributed by atoms with Crippen LogP contribution in [0.2, 0.25) is 0 Å². The van der Waals surface area contributed by atoms with E-state index in [0.29, 0.717) is 28.8 Å². The highest BCUT2D eigenvalue weighted by Gasteiger charge is 2.18. The lowest BCUT2D eigenvalue weighted by molar-refractivity contribution is 0.0932. The first-order valence-electron chi connectivity index (χ1n) is 9.74. The third-order valence-corrected chi connectivity index (χ3v) is 4.60. The predicted molar refractivity (Wildman–Crippen MR) is 115 cm³/mol. The van der Waals surface area contributed by atoms with E-state index in [1.54, 1.807) is 26.2 Å². The van der Waals surface area contributed by atoms with Gasteiger partial charge in [0.2, 0.25) is 11.7 Å². The van der Waals surface area contributed by atoms with Crippen LogP contribution >= 0.6 is 0 Å². The lowest BCUT2D eigenvalue weighted by Crippen LogP contribution is -2.26. The van der Waals surface area contributed by atoms with Crippen LogP contribution in [-0.4, -0.2) is 23.2 Å². The fourth-order valence-corrected chi connectivity index (χ4v) is 2.91. The summed E-state index contributed by atoms with van der Waals surface area (Å²) in [5.41, 5.74) is 1.35. The van der Waals surface area contributed by atoms with Crippen molar-refractivity contribution in [2.75, 3.05) is 7.11 Å². The van der Waals surface area contributed by atoms with Crippen LogP contribution in [0.5, 0.6) is 17.2 Å².